The molecule has 0 bridgehead atoms. The molecule has 1 aromatic rings. The molecule has 2 rings (SSSR count). The fourth-order valence-corrected chi connectivity index (χ4v) is 3.79. The van der Waals surface area contributed by atoms with Gasteiger partial charge in [-0.05, 0) is 24.6 Å². The standard InChI is InChI=1S/C11H10ClNO4S/c1-5-9(10(13)11(14)15)7-3-2-6(12)4-8(7)18(5,16)17/h2-4,10H,13H2,1H3,(H,14,15). The highest BCUT2D eigenvalue weighted by Crippen LogP contribution is 2.41. The maximum absolute atomic E-state index is 12.1. The molecule has 0 spiro atoms. The molecule has 1 aliphatic rings. The van der Waals surface area contributed by atoms with Crippen molar-refractivity contribution in [2.45, 2.75) is 17.9 Å². The molecule has 1 aliphatic heterocycles. The van der Waals surface area contributed by atoms with Gasteiger partial charge in [-0.25, -0.2) is 8.42 Å². The Morgan fingerprint density at radius 3 is 2.61 bits per heavy atom. The molecule has 7 heteroatoms. The number of aliphatic carboxylic acids is 1. The summed E-state index contributed by atoms with van der Waals surface area (Å²) in [5.41, 5.74) is 5.96. The summed E-state index contributed by atoms with van der Waals surface area (Å²) in [6.45, 7) is 1.35. The van der Waals surface area contributed by atoms with Gasteiger partial charge in [0, 0.05) is 10.6 Å². The van der Waals surface area contributed by atoms with Gasteiger partial charge in [0.05, 0.1) is 9.80 Å². The van der Waals surface area contributed by atoms with Crippen LogP contribution in [0.2, 0.25) is 5.02 Å². The van der Waals surface area contributed by atoms with Crippen molar-refractivity contribution in [3.05, 3.63) is 33.7 Å². The molecule has 18 heavy (non-hydrogen) atoms. The van der Waals surface area contributed by atoms with Crippen molar-refractivity contribution in [3.8, 4) is 0 Å². The van der Waals surface area contributed by atoms with E-state index in [1.807, 2.05) is 0 Å². The zero-order valence-electron chi connectivity index (χ0n) is 9.34. The first-order chi connectivity index (χ1) is 8.26. The highest BCUT2D eigenvalue weighted by atomic mass is 35.5. The predicted octanol–water partition coefficient (Wildman–Crippen LogP) is 1.27. The Labute approximate surface area is 109 Å². The van der Waals surface area contributed by atoms with Crippen LogP contribution in [0.1, 0.15) is 12.5 Å². The number of rotatable bonds is 2. The van der Waals surface area contributed by atoms with E-state index in [0.29, 0.717) is 5.56 Å². The van der Waals surface area contributed by atoms with E-state index >= 15 is 0 Å². The third kappa shape index (κ3) is 1.73. The minimum Gasteiger partial charge on any atom is -0.480 e. The summed E-state index contributed by atoms with van der Waals surface area (Å²) in [7, 11) is -3.68. The summed E-state index contributed by atoms with van der Waals surface area (Å²) in [5.74, 6) is -1.28. The minimum atomic E-state index is -3.68. The lowest BCUT2D eigenvalue weighted by molar-refractivity contribution is -0.137. The Kier molecular flexibility index (Phi) is 2.96. The molecular weight excluding hydrogens is 278 g/mol. The molecule has 0 fully saturated rings. The van der Waals surface area contributed by atoms with Crippen LogP contribution in [0.4, 0.5) is 0 Å². The number of sulfone groups is 1. The molecule has 96 valence electrons. The summed E-state index contributed by atoms with van der Waals surface area (Å²) in [5, 5.41) is 9.20. The smallest absolute Gasteiger partial charge is 0.325 e. The van der Waals surface area contributed by atoms with Gasteiger partial charge in [0.1, 0.15) is 6.04 Å². The van der Waals surface area contributed by atoms with E-state index in [4.69, 9.17) is 22.4 Å². The van der Waals surface area contributed by atoms with E-state index in [1.54, 1.807) is 0 Å². The minimum absolute atomic E-state index is 0.0131. The second-order valence-corrected chi connectivity index (χ2v) is 6.43. The second kappa shape index (κ2) is 4.08. The second-order valence-electron chi connectivity index (χ2n) is 3.93. The quantitative estimate of drug-likeness (QED) is 0.853. The monoisotopic (exact) mass is 287 g/mol. The molecule has 1 aromatic carbocycles. The predicted molar refractivity (Wildman–Crippen MR) is 66.8 cm³/mol. The van der Waals surface area contributed by atoms with Gasteiger partial charge in [0.15, 0.2) is 0 Å². The summed E-state index contributed by atoms with van der Waals surface area (Å²) in [6, 6.07) is 2.91. The number of halogens is 1. The first-order valence-corrected chi connectivity index (χ1v) is 6.87. The number of allylic oxidation sites excluding steroid dienone is 1. The van der Waals surface area contributed by atoms with E-state index in [2.05, 4.69) is 0 Å². The summed E-state index contributed by atoms with van der Waals surface area (Å²) in [4.78, 5) is 10.9. The van der Waals surface area contributed by atoms with Gasteiger partial charge in [-0.2, -0.15) is 0 Å². The van der Waals surface area contributed by atoms with Crippen molar-refractivity contribution >= 4 is 33.0 Å². The molecule has 3 N–H and O–H groups in total. The van der Waals surface area contributed by atoms with Gasteiger partial charge in [0.2, 0.25) is 9.84 Å². The van der Waals surface area contributed by atoms with Crippen molar-refractivity contribution in [1.29, 1.82) is 0 Å². The first kappa shape index (κ1) is 13.1. The first-order valence-electron chi connectivity index (χ1n) is 5.01. The van der Waals surface area contributed by atoms with Crippen molar-refractivity contribution in [3.63, 3.8) is 0 Å². The van der Waals surface area contributed by atoms with Gasteiger partial charge in [-0.1, -0.05) is 17.7 Å². The number of carbonyl (C=O) groups is 1. The van der Waals surface area contributed by atoms with Crippen molar-refractivity contribution < 1.29 is 18.3 Å². The topological polar surface area (TPSA) is 97.5 Å². The van der Waals surface area contributed by atoms with Crippen LogP contribution in [-0.2, 0) is 14.6 Å². The molecule has 5 nitrogen and oxygen atoms in total. The maximum atomic E-state index is 12.1. The van der Waals surface area contributed by atoms with Gasteiger partial charge >= 0.3 is 5.97 Å². The van der Waals surface area contributed by atoms with Crippen LogP contribution in [0, 0.1) is 0 Å². The Bertz CT molecular complexity index is 678. The summed E-state index contributed by atoms with van der Waals surface area (Å²) < 4.78 is 24.2. The fourth-order valence-electron chi connectivity index (χ4n) is 1.95. The van der Waals surface area contributed by atoms with Gasteiger partial charge in [-0.3, -0.25) is 4.79 Å². The van der Waals surface area contributed by atoms with E-state index < -0.39 is 21.8 Å². The van der Waals surface area contributed by atoms with Crippen LogP contribution in [-0.4, -0.2) is 25.5 Å². The third-order valence-corrected chi connectivity index (χ3v) is 5.06. The molecule has 1 heterocycles. The lowest BCUT2D eigenvalue weighted by atomic mass is 9.99. The lowest BCUT2D eigenvalue weighted by Gasteiger charge is -2.09. The zero-order chi connectivity index (χ0) is 13.7. The number of carboxylic acid groups (broad SMARTS) is 1. The summed E-state index contributed by atoms with van der Waals surface area (Å²) >= 11 is 5.76. The molecule has 1 unspecified atom stereocenters. The van der Waals surface area contributed by atoms with Crippen LogP contribution < -0.4 is 5.73 Å². The van der Waals surface area contributed by atoms with Crippen molar-refractivity contribution in [2.75, 3.05) is 0 Å². The van der Waals surface area contributed by atoms with Crippen molar-refractivity contribution in [2.24, 2.45) is 5.73 Å². The normalized spacial score (nSPS) is 18.6. The van der Waals surface area contributed by atoms with E-state index in [-0.39, 0.29) is 20.4 Å². The van der Waals surface area contributed by atoms with Gasteiger partial charge in [0.25, 0.3) is 0 Å². The number of benzene rings is 1. The largest absolute Gasteiger partial charge is 0.480 e. The highest BCUT2D eigenvalue weighted by Gasteiger charge is 2.37. The van der Waals surface area contributed by atoms with Gasteiger partial charge < -0.3 is 10.8 Å². The van der Waals surface area contributed by atoms with Crippen molar-refractivity contribution in [1.82, 2.24) is 0 Å². The van der Waals surface area contributed by atoms with Crippen LogP contribution in [0.3, 0.4) is 0 Å². The van der Waals surface area contributed by atoms with Crippen LogP contribution in [0.25, 0.3) is 5.57 Å². The Balaban J connectivity index is 2.77. The Hall–Kier alpha value is -1.37. The average molecular weight is 288 g/mol. The molecule has 1 atom stereocenters. The molecular formula is C11H10ClNO4S. The van der Waals surface area contributed by atoms with Gasteiger partial charge in [-0.15, -0.1) is 0 Å². The average Bonchev–Trinajstić information content (AvgIpc) is 2.48. The fraction of sp³-hybridized carbons (Fsp3) is 0.182. The number of carboxylic acids is 1. The Morgan fingerprint density at radius 1 is 1.44 bits per heavy atom. The number of hydrogen-bond acceptors (Lipinski definition) is 4. The van der Waals surface area contributed by atoms with Crippen LogP contribution in [0.5, 0.6) is 0 Å². The third-order valence-electron chi connectivity index (χ3n) is 2.88. The van der Waals surface area contributed by atoms with Crippen LogP contribution >= 0.6 is 11.6 Å². The Morgan fingerprint density at radius 2 is 2.06 bits per heavy atom. The SMILES string of the molecule is CC1=C(C(N)C(=O)O)c2ccc(Cl)cc2S1(=O)=O. The molecule has 0 saturated heterocycles. The lowest BCUT2D eigenvalue weighted by Crippen LogP contribution is -2.31. The molecule has 0 radical (unpaired) electrons. The highest BCUT2D eigenvalue weighted by molar-refractivity contribution is 7.95. The molecule has 0 aromatic heterocycles. The molecule has 0 aliphatic carbocycles. The number of fused-ring (bicyclic) bond motifs is 1. The molecule has 0 saturated carbocycles. The van der Waals surface area contributed by atoms with E-state index in [0.717, 1.165) is 0 Å². The van der Waals surface area contributed by atoms with Crippen LogP contribution in [0.15, 0.2) is 28.0 Å². The number of hydrogen-bond donors (Lipinski definition) is 2. The van der Waals surface area contributed by atoms with E-state index in [9.17, 15) is 13.2 Å². The number of nitrogens with two attached hydrogens (primary N) is 1. The zero-order valence-corrected chi connectivity index (χ0v) is 10.9. The molecule has 0 amide bonds. The van der Waals surface area contributed by atoms with E-state index in [1.165, 1.54) is 25.1 Å². The summed E-state index contributed by atoms with van der Waals surface area (Å²) in [6.07, 6.45) is 0. The maximum Gasteiger partial charge on any atom is 0.325 e.